The second-order valence-electron chi connectivity index (χ2n) is 3.23. The van der Waals surface area contributed by atoms with E-state index in [-0.39, 0.29) is 0 Å². The third-order valence-corrected chi connectivity index (χ3v) is 2.44. The average molecular weight is 166 g/mol. The van der Waals surface area contributed by atoms with Crippen molar-refractivity contribution < 1.29 is 0 Å². The van der Waals surface area contributed by atoms with Crippen LogP contribution in [0.4, 0.5) is 0 Å². The van der Waals surface area contributed by atoms with Gasteiger partial charge in [-0.25, -0.2) is 0 Å². The largest absolute Gasteiger partial charge is 0.105 e. The van der Waals surface area contributed by atoms with Gasteiger partial charge in [0.2, 0.25) is 0 Å². The highest BCUT2D eigenvalue weighted by atomic mass is 31.0. The summed E-state index contributed by atoms with van der Waals surface area (Å²) in [4.78, 5) is 0. The summed E-state index contributed by atoms with van der Waals surface area (Å²) in [6.45, 7) is 6.63. The van der Waals surface area contributed by atoms with Gasteiger partial charge in [-0.1, -0.05) is 32.0 Å². The molecule has 60 valence electrons. The minimum atomic E-state index is 0.628. The van der Waals surface area contributed by atoms with Crippen LogP contribution < -0.4 is 5.30 Å². The maximum Gasteiger partial charge on any atom is -0.0210 e. The van der Waals surface area contributed by atoms with Crippen LogP contribution in [0.5, 0.6) is 0 Å². The van der Waals surface area contributed by atoms with E-state index in [2.05, 4.69) is 48.2 Å². The van der Waals surface area contributed by atoms with E-state index in [4.69, 9.17) is 0 Å². The Morgan fingerprint density at radius 3 is 2.27 bits per heavy atom. The maximum atomic E-state index is 2.79. The van der Waals surface area contributed by atoms with Gasteiger partial charge >= 0.3 is 0 Å². The minimum absolute atomic E-state index is 0.628. The van der Waals surface area contributed by atoms with Crippen molar-refractivity contribution in [3.63, 3.8) is 0 Å². The molecule has 0 aromatic heterocycles. The molecule has 0 saturated heterocycles. The maximum absolute atomic E-state index is 2.79. The Hall–Kier alpha value is -0.350. The predicted molar refractivity (Wildman–Crippen MR) is 54.6 cm³/mol. The lowest BCUT2D eigenvalue weighted by Crippen LogP contribution is -2.05. The van der Waals surface area contributed by atoms with Crippen molar-refractivity contribution in [2.45, 2.75) is 26.7 Å². The van der Waals surface area contributed by atoms with E-state index in [0.717, 1.165) is 0 Å². The van der Waals surface area contributed by atoms with Crippen molar-refractivity contribution in [1.82, 2.24) is 0 Å². The number of rotatable bonds is 1. The van der Waals surface area contributed by atoms with Gasteiger partial charge in [-0.05, 0) is 29.3 Å². The van der Waals surface area contributed by atoms with Gasteiger partial charge in [0, 0.05) is 0 Å². The molecule has 0 amide bonds. The molecule has 0 nitrogen and oxygen atoms in total. The minimum Gasteiger partial charge on any atom is -0.105 e. The molecule has 0 heterocycles. The molecule has 0 spiro atoms. The summed E-state index contributed by atoms with van der Waals surface area (Å²) in [6, 6.07) is 6.42. The van der Waals surface area contributed by atoms with Crippen LogP contribution in [0.2, 0.25) is 0 Å². The molecule has 1 atom stereocenters. The van der Waals surface area contributed by atoms with Crippen LogP contribution in [0.25, 0.3) is 0 Å². The van der Waals surface area contributed by atoms with E-state index in [1.54, 1.807) is 0 Å². The molecule has 1 aromatic carbocycles. The van der Waals surface area contributed by atoms with Crippen LogP contribution in [-0.2, 0) is 0 Å². The van der Waals surface area contributed by atoms with Crippen molar-refractivity contribution in [2.24, 2.45) is 0 Å². The lowest BCUT2D eigenvalue weighted by Gasteiger charge is -2.12. The fourth-order valence-electron chi connectivity index (χ4n) is 1.49. The van der Waals surface area contributed by atoms with Crippen LogP contribution in [0.1, 0.15) is 30.9 Å². The molecule has 0 aliphatic heterocycles. The first-order valence-corrected chi connectivity index (χ1v) is 4.55. The molecule has 0 aliphatic rings. The summed E-state index contributed by atoms with van der Waals surface area (Å²) in [5.41, 5.74) is 2.87. The summed E-state index contributed by atoms with van der Waals surface area (Å²) < 4.78 is 0. The smallest absolute Gasteiger partial charge is 0.0210 e. The van der Waals surface area contributed by atoms with E-state index in [1.165, 1.54) is 16.4 Å². The quantitative estimate of drug-likeness (QED) is 0.562. The molecule has 1 rings (SSSR count). The molecule has 0 saturated carbocycles. The summed E-state index contributed by atoms with van der Waals surface area (Å²) >= 11 is 0. The van der Waals surface area contributed by atoms with Gasteiger partial charge in [0.05, 0.1) is 0 Å². The summed E-state index contributed by atoms with van der Waals surface area (Å²) in [7, 11) is 2.79. The molecule has 1 unspecified atom stereocenters. The van der Waals surface area contributed by atoms with E-state index >= 15 is 0 Å². The van der Waals surface area contributed by atoms with Gasteiger partial charge in [-0.15, -0.1) is 9.24 Å². The van der Waals surface area contributed by atoms with E-state index in [1.807, 2.05) is 0 Å². The highest BCUT2D eigenvalue weighted by Crippen LogP contribution is 2.17. The first kappa shape index (κ1) is 8.74. The Bertz CT molecular complexity index is 231. The number of aryl methyl sites for hydroxylation is 1. The molecule has 0 bridgehead atoms. The second-order valence-corrected chi connectivity index (χ2v) is 3.85. The van der Waals surface area contributed by atoms with Gasteiger partial charge in [0.1, 0.15) is 0 Å². The van der Waals surface area contributed by atoms with Crippen LogP contribution in [0.3, 0.4) is 0 Å². The van der Waals surface area contributed by atoms with Gasteiger partial charge in [0.25, 0.3) is 0 Å². The molecule has 1 heteroatoms. The first-order chi connectivity index (χ1) is 5.13. The third kappa shape index (κ3) is 1.81. The number of hydrogen-bond acceptors (Lipinski definition) is 0. The third-order valence-electron chi connectivity index (χ3n) is 1.94. The van der Waals surface area contributed by atoms with E-state index in [9.17, 15) is 0 Å². The SMILES string of the molecule is Cc1cccc(P)c1C(C)C. The van der Waals surface area contributed by atoms with Gasteiger partial charge in [-0.2, -0.15) is 0 Å². The molecule has 0 aliphatic carbocycles. The van der Waals surface area contributed by atoms with Crippen molar-refractivity contribution in [3.05, 3.63) is 29.3 Å². The normalized spacial score (nSPS) is 10.6. The van der Waals surface area contributed by atoms with E-state index < -0.39 is 0 Å². The molecule has 0 fully saturated rings. The van der Waals surface area contributed by atoms with Crippen LogP contribution in [0, 0.1) is 6.92 Å². The lowest BCUT2D eigenvalue weighted by molar-refractivity contribution is 0.864. The summed E-state index contributed by atoms with van der Waals surface area (Å²) in [6.07, 6.45) is 0. The number of benzene rings is 1. The Morgan fingerprint density at radius 1 is 1.27 bits per heavy atom. The first-order valence-electron chi connectivity index (χ1n) is 3.98. The Morgan fingerprint density at radius 2 is 1.91 bits per heavy atom. The monoisotopic (exact) mass is 166 g/mol. The zero-order valence-corrected chi connectivity index (χ0v) is 8.54. The number of hydrogen-bond donors (Lipinski definition) is 0. The highest BCUT2D eigenvalue weighted by Gasteiger charge is 2.04. The topological polar surface area (TPSA) is 0 Å². The van der Waals surface area contributed by atoms with Gasteiger partial charge < -0.3 is 0 Å². The van der Waals surface area contributed by atoms with Gasteiger partial charge in [0.15, 0.2) is 0 Å². The van der Waals surface area contributed by atoms with Gasteiger partial charge in [-0.3, -0.25) is 0 Å². The van der Waals surface area contributed by atoms with E-state index in [0.29, 0.717) is 5.92 Å². The zero-order valence-electron chi connectivity index (χ0n) is 7.39. The van der Waals surface area contributed by atoms with Crippen molar-refractivity contribution in [3.8, 4) is 0 Å². The Balaban J connectivity index is 3.21. The fourth-order valence-corrected chi connectivity index (χ4v) is 2.16. The predicted octanol–water partition coefficient (Wildman–Crippen LogP) is 2.62. The molecule has 1 aromatic rings. The standard InChI is InChI=1S/C10H15P/c1-7(2)10-8(3)5-4-6-9(10)11/h4-7H,11H2,1-3H3. The zero-order chi connectivity index (χ0) is 8.43. The van der Waals surface area contributed by atoms with Crippen molar-refractivity contribution in [2.75, 3.05) is 0 Å². The van der Waals surface area contributed by atoms with Crippen LogP contribution in [-0.4, -0.2) is 0 Å². The molecule has 0 radical (unpaired) electrons. The average Bonchev–Trinajstić information content (AvgIpc) is 1.85. The summed E-state index contributed by atoms with van der Waals surface area (Å²) in [5.74, 6) is 0.628. The van der Waals surface area contributed by atoms with Crippen molar-refractivity contribution in [1.29, 1.82) is 0 Å². The van der Waals surface area contributed by atoms with Crippen LogP contribution >= 0.6 is 9.24 Å². The fraction of sp³-hybridized carbons (Fsp3) is 0.400. The molecule has 11 heavy (non-hydrogen) atoms. The molecule has 0 N–H and O–H groups in total. The second kappa shape index (κ2) is 3.36. The highest BCUT2D eigenvalue weighted by molar-refractivity contribution is 7.27. The Labute approximate surface area is 71.2 Å². The Kier molecular flexibility index (Phi) is 2.67. The molecular formula is C10H15P. The van der Waals surface area contributed by atoms with Crippen molar-refractivity contribution >= 4 is 14.5 Å². The lowest BCUT2D eigenvalue weighted by atomic mass is 9.98. The van der Waals surface area contributed by atoms with Crippen LogP contribution in [0.15, 0.2) is 18.2 Å². The summed E-state index contributed by atoms with van der Waals surface area (Å²) in [5, 5.41) is 1.33. The molecular weight excluding hydrogens is 151 g/mol.